The average molecular weight is 271 g/mol. The minimum absolute atomic E-state index is 0.201. The number of unbranched alkanes of at least 4 members (excludes halogenated alkanes) is 1. The van der Waals surface area contributed by atoms with Crippen molar-refractivity contribution in [2.45, 2.75) is 45.6 Å². The zero-order valence-electron chi connectivity index (χ0n) is 11.3. The number of carbonyl (C=O) groups excluding carboxylic acids is 3. The van der Waals surface area contributed by atoms with Crippen LogP contribution in [0.25, 0.3) is 0 Å². The summed E-state index contributed by atoms with van der Waals surface area (Å²) in [5.41, 5.74) is 0. The van der Waals surface area contributed by atoms with Gasteiger partial charge in [0.05, 0.1) is 12.5 Å². The van der Waals surface area contributed by atoms with E-state index in [1.807, 2.05) is 6.92 Å². The van der Waals surface area contributed by atoms with E-state index in [2.05, 4.69) is 5.32 Å². The van der Waals surface area contributed by atoms with Gasteiger partial charge >= 0.3 is 12.0 Å². The molecule has 1 fully saturated rings. The quantitative estimate of drug-likeness (QED) is 0.304. The van der Waals surface area contributed by atoms with Gasteiger partial charge < -0.3 is 4.74 Å². The van der Waals surface area contributed by atoms with Crippen LogP contribution in [0.5, 0.6) is 0 Å². The van der Waals surface area contributed by atoms with E-state index in [-0.39, 0.29) is 12.4 Å². The molecule has 0 saturated carbocycles. The molecular weight excluding hydrogens is 250 g/mol. The summed E-state index contributed by atoms with van der Waals surface area (Å²) < 4.78 is 4.99. The number of rotatable bonds is 7. The lowest BCUT2D eigenvalue weighted by molar-refractivity contribution is -0.149. The standard InChI is InChI=1S/C12H21N3O4/c1-3-5-6-8(11(17)19-4-2)7-9-10(16)14-12(18)15(9)13/h8-9H,3-7,13H2,1-2H3,(H,14,16,18). The van der Waals surface area contributed by atoms with Crippen molar-refractivity contribution in [2.75, 3.05) is 6.61 Å². The van der Waals surface area contributed by atoms with Crippen molar-refractivity contribution in [3.8, 4) is 0 Å². The third-order valence-electron chi connectivity index (χ3n) is 3.14. The Morgan fingerprint density at radius 2 is 2.16 bits per heavy atom. The summed E-state index contributed by atoms with van der Waals surface area (Å²) in [6.45, 7) is 4.04. The molecule has 1 saturated heterocycles. The molecular formula is C12H21N3O4. The maximum atomic E-state index is 11.8. The third kappa shape index (κ3) is 3.92. The first kappa shape index (κ1) is 15.4. The maximum Gasteiger partial charge on any atom is 0.338 e. The van der Waals surface area contributed by atoms with Gasteiger partial charge in [-0.15, -0.1) is 0 Å². The fourth-order valence-electron chi connectivity index (χ4n) is 2.05. The second-order valence-electron chi connectivity index (χ2n) is 4.54. The Morgan fingerprint density at radius 1 is 1.47 bits per heavy atom. The summed E-state index contributed by atoms with van der Waals surface area (Å²) in [4.78, 5) is 34.7. The number of hydrogen-bond acceptors (Lipinski definition) is 5. The minimum Gasteiger partial charge on any atom is -0.466 e. The largest absolute Gasteiger partial charge is 0.466 e. The number of esters is 1. The molecule has 1 rings (SSSR count). The van der Waals surface area contributed by atoms with E-state index in [1.165, 1.54) is 0 Å². The van der Waals surface area contributed by atoms with Crippen molar-refractivity contribution >= 4 is 17.9 Å². The minimum atomic E-state index is -0.793. The molecule has 0 aromatic carbocycles. The SMILES string of the molecule is CCCCC(CC1C(=O)NC(=O)N1N)C(=O)OCC. The molecule has 1 aliphatic rings. The first-order valence-corrected chi connectivity index (χ1v) is 6.56. The topological polar surface area (TPSA) is 102 Å². The number of nitrogens with zero attached hydrogens (tertiary/aromatic N) is 1. The van der Waals surface area contributed by atoms with Crippen molar-refractivity contribution in [1.82, 2.24) is 10.3 Å². The van der Waals surface area contributed by atoms with Crippen LogP contribution in [0.15, 0.2) is 0 Å². The number of urea groups is 1. The van der Waals surface area contributed by atoms with E-state index < -0.39 is 23.9 Å². The predicted molar refractivity (Wildman–Crippen MR) is 67.6 cm³/mol. The second-order valence-corrected chi connectivity index (χ2v) is 4.54. The van der Waals surface area contributed by atoms with E-state index in [9.17, 15) is 14.4 Å². The number of nitrogens with one attached hydrogen (secondary N) is 1. The van der Waals surface area contributed by atoms with Gasteiger partial charge in [0.2, 0.25) is 0 Å². The summed E-state index contributed by atoms with van der Waals surface area (Å²) in [5.74, 6) is 4.31. The predicted octanol–water partition coefficient (Wildman–Crippen LogP) is 0.540. The average Bonchev–Trinajstić information content (AvgIpc) is 2.60. The van der Waals surface area contributed by atoms with E-state index >= 15 is 0 Å². The van der Waals surface area contributed by atoms with Gasteiger partial charge in [0.1, 0.15) is 6.04 Å². The molecule has 0 spiro atoms. The van der Waals surface area contributed by atoms with Crippen LogP contribution in [0.4, 0.5) is 4.79 Å². The van der Waals surface area contributed by atoms with Crippen molar-refractivity contribution in [3.05, 3.63) is 0 Å². The highest BCUT2D eigenvalue weighted by Gasteiger charge is 2.39. The number of imide groups is 1. The van der Waals surface area contributed by atoms with Crippen molar-refractivity contribution in [1.29, 1.82) is 0 Å². The number of ether oxygens (including phenoxy) is 1. The number of carbonyl (C=O) groups is 3. The Morgan fingerprint density at radius 3 is 2.63 bits per heavy atom. The monoisotopic (exact) mass is 271 g/mol. The molecule has 0 aromatic heterocycles. The third-order valence-corrected chi connectivity index (χ3v) is 3.14. The molecule has 3 amide bonds. The van der Waals surface area contributed by atoms with Gasteiger partial charge in [-0.05, 0) is 19.8 Å². The Kier molecular flexibility index (Phi) is 5.75. The molecule has 0 bridgehead atoms. The molecule has 1 aliphatic heterocycles. The summed E-state index contributed by atoms with van der Waals surface area (Å²) in [7, 11) is 0. The van der Waals surface area contributed by atoms with E-state index in [4.69, 9.17) is 10.6 Å². The van der Waals surface area contributed by atoms with Gasteiger partial charge in [-0.3, -0.25) is 14.9 Å². The van der Waals surface area contributed by atoms with E-state index in [0.717, 1.165) is 17.9 Å². The molecule has 19 heavy (non-hydrogen) atoms. The van der Waals surface area contributed by atoms with Crippen LogP contribution in [0.1, 0.15) is 39.5 Å². The lowest BCUT2D eigenvalue weighted by Gasteiger charge is -2.21. The zero-order chi connectivity index (χ0) is 14.4. The van der Waals surface area contributed by atoms with Gasteiger partial charge in [-0.25, -0.2) is 15.6 Å². The van der Waals surface area contributed by atoms with Crippen LogP contribution < -0.4 is 11.2 Å². The van der Waals surface area contributed by atoms with Gasteiger partial charge in [0.25, 0.3) is 5.91 Å². The van der Waals surface area contributed by atoms with Crippen molar-refractivity contribution < 1.29 is 19.1 Å². The van der Waals surface area contributed by atoms with Crippen LogP contribution in [-0.2, 0) is 14.3 Å². The summed E-state index contributed by atoms with van der Waals surface area (Å²) in [5, 5.41) is 2.97. The van der Waals surface area contributed by atoms with Crippen LogP contribution in [0.3, 0.4) is 0 Å². The van der Waals surface area contributed by atoms with Crippen LogP contribution in [-0.4, -0.2) is 35.6 Å². The Bertz CT molecular complexity index is 359. The molecule has 7 heteroatoms. The first-order chi connectivity index (χ1) is 9.01. The molecule has 2 atom stereocenters. The van der Waals surface area contributed by atoms with Crippen LogP contribution in [0, 0.1) is 5.92 Å². The zero-order valence-corrected chi connectivity index (χ0v) is 11.3. The van der Waals surface area contributed by atoms with Gasteiger partial charge in [0.15, 0.2) is 0 Å². The molecule has 7 nitrogen and oxygen atoms in total. The maximum absolute atomic E-state index is 11.8. The van der Waals surface area contributed by atoms with Crippen molar-refractivity contribution in [3.63, 3.8) is 0 Å². The molecule has 0 radical (unpaired) electrons. The van der Waals surface area contributed by atoms with Gasteiger partial charge in [-0.2, -0.15) is 0 Å². The fourth-order valence-corrected chi connectivity index (χ4v) is 2.05. The molecule has 2 unspecified atom stereocenters. The number of amides is 3. The smallest absolute Gasteiger partial charge is 0.338 e. The molecule has 0 aliphatic carbocycles. The fraction of sp³-hybridized carbons (Fsp3) is 0.750. The normalized spacial score (nSPS) is 20.4. The molecule has 3 N–H and O–H groups in total. The Hall–Kier alpha value is -1.63. The second kappa shape index (κ2) is 7.08. The lowest BCUT2D eigenvalue weighted by atomic mass is 9.94. The Balaban J connectivity index is 2.68. The van der Waals surface area contributed by atoms with Gasteiger partial charge in [-0.1, -0.05) is 19.8 Å². The highest BCUT2D eigenvalue weighted by atomic mass is 16.5. The first-order valence-electron chi connectivity index (χ1n) is 6.56. The Labute approximate surface area is 112 Å². The molecule has 108 valence electrons. The van der Waals surface area contributed by atoms with Gasteiger partial charge in [0, 0.05) is 0 Å². The summed E-state index contributed by atoms with van der Waals surface area (Å²) >= 11 is 0. The highest BCUT2D eigenvalue weighted by Crippen LogP contribution is 2.21. The summed E-state index contributed by atoms with van der Waals surface area (Å²) in [6, 6.07) is -1.42. The number of hydrogen-bond donors (Lipinski definition) is 2. The van der Waals surface area contributed by atoms with E-state index in [0.29, 0.717) is 13.0 Å². The number of hydrazine groups is 1. The lowest BCUT2D eigenvalue weighted by Crippen LogP contribution is -2.42. The molecule has 0 aromatic rings. The highest BCUT2D eigenvalue weighted by molar-refractivity contribution is 6.03. The van der Waals surface area contributed by atoms with E-state index in [1.54, 1.807) is 6.92 Å². The van der Waals surface area contributed by atoms with Crippen molar-refractivity contribution in [2.24, 2.45) is 11.8 Å². The number of nitrogens with two attached hydrogens (primary N) is 1. The van der Waals surface area contributed by atoms with Crippen LogP contribution >= 0.6 is 0 Å². The van der Waals surface area contributed by atoms with Crippen LogP contribution in [0.2, 0.25) is 0 Å². The molecule has 1 heterocycles. The summed E-state index contributed by atoms with van der Waals surface area (Å²) in [6.07, 6.45) is 2.63.